The van der Waals surface area contributed by atoms with Gasteiger partial charge in [0.1, 0.15) is 0 Å². The fourth-order valence-corrected chi connectivity index (χ4v) is 2.81. The van der Waals surface area contributed by atoms with Gasteiger partial charge in [0.25, 0.3) is 5.91 Å². The molecule has 0 bridgehead atoms. The molecule has 0 aromatic carbocycles. The van der Waals surface area contributed by atoms with E-state index in [1.165, 1.54) is 0 Å². The molecule has 0 aromatic rings. The first-order valence-electron chi connectivity index (χ1n) is 8.30. The lowest BCUT2D eigenvalue weighted by Crippen LogP contribution is -2.42. The Kier molecular flexibility index (Phi) is 6.64. The van der Waals surface area contributed by atoms with E-state index in [-0.39, 0.29) is 18.1 Å². The first kappa shape index (κ1) is 17.2. The van der Waals surface area contributed by atoms with Crippen molar-refractivity contribution in [1.29, 1.82) is 0 Å². The van der Waals surface area contributed by atoms with Gasteiger partial charge in [0.2, 0.25) is 0 Å². The zero-order valence-electron chi connectivity index (χ0n) is 13.5. The van der Waals surface area contributed by atoms with Crippen LogP contribution >= 0.6 is 0 Å². The highest BCUT2D eigenvalue weighted by molar-refractivity contribution is 5.84. The van der Waals surface area contributed by atoms with Gasteiger partial charge in [-0.15, -0.1) is 0 Å². The fourth-order valence-electron chi connectivity index (χ4n) is 2.81. The Morgan fingerprint density at radius 3 is 2.50 bits per heavy atom. The van der Waals surface area contributed by atoms with Crippen LogP contribution in [0.2, 0.25) is 0 Å². The van der Waals surface area contributed by atoms with Gasteiger partial charge in [-0.1, -0.05) is 12.8 Å². The highest BCUT2D eigenvalue weighted by atomic mass is 16.6. The predicted octanol–water partition coefficient (Wildman–Crippen LogP) is 1.56. The summed E-state index contributed by atoms with van der Waals surface area (Å²) in [7, 11) is 0. The summed E-state index contributed by atoms with van der Waals surface area (Å²) in [6.45, 7) is 4.37. The summed E-state index contributed by atoms with van der Waals surface area (Å²) in [5.74, 6) is -0.737. The van der Waals surface area contributed by atoms with Crippen LogP contribution in [0, 0.1) is 0 Å². The first-order chi connectivity index (χ1) is 10.6. The summed E-state index contributed by atoms with van der Waals surface area (Å²) in [4.78, 5) is 23.9. The number of amides is 1. The quantitative estimate of drug-likeness (QED) is 0.722. The normalized spacial score (nSPS) is 24.9. The van der Waals surface area contributed by atoms with Crippen LogP contribution in [-0.2, 0) is 23.8 Å². The largest absolute Gasteiger partial charge is 0.451 e. The van der Waals surface area contributed by atoms with Crippen LogP contribution in [0.15, 0.2) is 0 Å². The Hall–Kier alpha value is -1.14. The number of hydrogen-bond donors (Lipinski definition) is 1. The highest BCUT2D eigenvalue weighted by Gasteiger charge is 2.26. The average Bonchev–Trinajstić information content (AvgIpc) is 3.17. The minimum atomic E-state index is -0.790. The summed E-state index contributed by atoms with van der Waals surface area (Å²) < 4.78 is 16.1. The van der Waals surface area contributed by atoms with Gasteiger partial charge in [-0.05, 0) is 39.5 Å². The second kappa shape index (κ2) is 8.48. The van der Waals surface area contributed by atoms with E-state index in [0.717, 1.165) is 45.1 Å². The summed E-state index contributed by atoms with van der Waals surface area (Å²) >= 11 is 0. The van der Waals surface area contributed by atoms with E-state index in [1.807, 2.05) is 0 Å². The second-order valence-corrected chi connectivity index (χ2v) is 6.18. The van der Waals surface area contributed by atoms with Gasteiger partial charge < -0.3 is 19.5 Å². The number of nitrogens with one attached hydrogen (secondary N) is 1. The van der Waals surface area contributed by atoms with Crippen LogP contribution in [0.5, 0.6) is 0 Å². The van der Waals surface area contributed by atoms with Crippen LogP contribution in [0.25, 0.3) is 0 Å². The van der Waals surface area contributed by atoms with Gasteiger partial charge in [0.05, 0.1) is 12.7 Å². The topological polar surface area (TPSA) is 73.9 Å². The summed E-state index contributed by atoms with van der Waals surface area (Å²) in [5, 5.41) is 2.92. The molecule has 6 nitrogen and oxygen atoms in total. The maximum atomic E-state index is 12.0. The number of carbonyl (C=O) groups excluding carboxylic acids is 2. The molecule has 0 spiro atoms. The SMILES string of the molecule is CC(OC(=O)C(C)OCC1CCCO1)C(=O)NC1CCCC1. The molecule has 1 aliphatic carbocycles. The van der Waals surface area contributed by atoms with E-state index in [2.05, 4.69) is 5.32 Å². The van der Waals surface area contributed by atoms with Crippen LogP contribution < -0.4 is 5.32 Å². The molecule has 0 aromatic heterocycles. The van der Waals surface area contributed by atoms with Gasteiger partial charge in [-0.2, -0.15) is 0 Å². The Balaban J connectivity index is 1.66. The number of esters is 1. The van der Waals surface area contributed by atoms with Crippen molar-refractivity contribution in [2.45, 2.75) is 76.7 Å². The Morgan fingerprint density at radius 2 is 1.86 bits per heavy atom. The Morgan fingerprint density at radius 1 is 1.14 bits per heavy atom. The molecule has 1 heterocycles. The van der Waals surface area contributed by atoms with Crippen molar-refractivity contribution in [3.8, 4) is 0 Å². The lowest BCUT2D eigenvalue weighted by atomic mass is 10.2. The standard InChI is InChI=1S/C16H27NO5/c1-11(15(18)17-13-6-3-4-7-13)22-16(19)12(2)21-10-14-8-5-9-20-14/h11-14H,3-10H2,1-2H3,(H,17,18). The molecular formula is C16H27NO5. The molecule has 3 atom stereocenters. The number of ether oxygens (including phenoxy) is 3. The maximum absolute atomic E-state index is 12.0. The molecule has 2 rings (SSSR count). The minimum absolute atomic E-state index is 0.0679. The molecule has 1 saturated carbocycles. The molecule has 1 amide bonds. The molecule has 3 unspecified atom stereocenters. The molecule has 1 saturated heterocycles. The molecule has 2 aliphatic rings. The zero-order chi connectivity index (χ0) is 15.9. The van der Waals surface area contributed by atoms with Crippen molar-refractivity contribution in [3.63, 3.8) is 0 Å². The first-order valence-corrected chi connectivity index (χ1v) is 8.30. The number of hydrogen-bond acceptors (Lipinski definition) is 5. The van der Waals surface area contributed by atoms with Crippen molar-refractivity contribution in [1.82, 2.24) is 5.32 Å². The van der Waals surface area contributed by atoms with Crippen molar-refractivity contribution in [2.24, 2.45) is 0 Å². The van der Waals surface area contributed by atoms with Crippen LogP contribution in [0.1, 0.15) is 52.4 Å². The summed E-state index contributed by atoms with van der Waals surface area (Å²) in [5.41, 5.74) is 0. The predicted molar refractivity (Wildman–Crippen MR) is 80.3 cm³/mol. The van der Waals surface area contributed by atoms with E-state index in [4.69, 9.17) is 14.2 Å². The maximum Gasteiger partial charge on any atom is 0.335 e. The molecule has 1 N–H and O–H groups in total. The Bertz CT molecular complexity index is 375. The third-order valence-corrected chi connectivity index (χ3v) is 4.25. The molecule has 0 radical (unpaired) electrons. The summed E-state index contributed by atoms with van der Waals surface area (Å²) in [6, 6.07) is 0.224. The van der Waals surface area contributed by atoms with Gasteiger partial charge >= 0.3 is 5.97 Å². The van der Waals surface area contributed by atoms with Crippen molar-refractivity contribution < 1.29 is 23.8 Å². The average molecular weight is 313 g/mol. The smallest absolute Gasteiger partial charge is 0.335 e. The van der Waals surface area contributed by atoms with E-state index in [0.29, 0.717) is 6.61 Å². The summed E-state index contributed by atoms with van der Waals surface area (Å²) in [6.07, 6.45) is 4.89. The molecular weight excluding hydrogens is 286 g/mol. The molecule has 2 fully saturated rings. The van der Waals surface area contributed by atoms with Gasteiger partial charge in [-0.3, -0.25) is 4.79 Å². The second-order valence-electron chi connectivity index (χ2n) is 6.18. The number of rotatable bonds is 7. The minimum Gasteiger partial charge on any atom is -0.451 e. The van der Waals surface area contributed by atoms with E-state index in [1.54, 1.807) is 13.8 Å². The third kappa shape index (κ3) is 5.25. The van der Waals surface area contributed by atoms with Gasteiger partial charge in [0, 0.05) is 12.6 Å². The molecule has 22 heavy (non-hydrogen) atoms. The highest BCUT2D eigenvalue weighted by Crippen LogP contribution is 2.18. The van der Waals surface area contributed by atoms with E-state index >= 15 is 0 Å². The lowest BCUT2D eigenvalue weighted by Gasteiger charge is -2.20. The van der Waals surface area contributed by atoms with Crippen LogP contribution in [-0.4, -0.2) is 49.4 Å². The zero-order valence-corrected chi connectivity index (χ0v) is 13.5. The lowest BCUT2D eigenvalue weighted by molar-refractivity contribution is -0.166. The van der Waals surface area contributed by atoms with Crippen LogP contribution in [0.3, 0.4) is 0 Å². The van der Waals surface area contributed by atoms with Crippen LogP contribution in [0.4, 0.5) is 0 Å². The monoisotopic (exact) mass is 313 g/mol. The number of carbonyl (C=O) groups is 2. The van der Waals surface area contributed by atoms with Gasteiger partial charge in [-0.25, -0.2) is 4.79 Å². The van der Waals surface area contributed by atoms with Gasteiger partial charge in [0.15, 0.2) is 12.2 Å². The Labute approximate surface area is 131 Å². The third-order valence-electron chi connectivity index (χ3n) is 4.25. The van der Waals surface area contributed by atoms with Crippen molar-refractivity contribution >= 4 is 11.9 Å². The van der Waals surface area contributed by atoms with Crippen molar-refractivity contribution in [3.05, 3.63) is 0 Å². The van der Waals surface area contributed by atoms with E-state index < -0.39 is 18.2 Å². The molecule has 1 aliphatic heterocycles. The van der Waals surface area contributed by atoms with Crippen molar-refractivity contribution in [2.75, 3.05) is 13.2 Å². The molecule has 126 valence electrons. The fraction of sp³-hybridized carbons (Fsp3) is 0.875. The van der Waals surface area contributed by atoms with E-state index in [9.17, 15) is 9.59 Å². The molecule has 6 heteroatoms.